The summed E-state index contributed by atoms with van der Waals surface area (Å²) in [5.41, 5.74) is 2.42. The average Bonchev–Trinajstić information content (AvgIpc) is 2.50. The Kier molecular flexibility index (Phi) is 3.78. The third kappa shape index (κ3) is 3.26. The molecule has 0 aliphatic rings. The second-order valence-electron chi connectivity index (χ2n) is 4.64. The van der Waals surface area contributed by atoms with Gasteiger partial charge in [-0.1, -0.05) is 60.7 Å². The minimum Gasteiger partial charge on any atom is -0.221 e. The van der Waals surface area contributed by atoms with E-state index in [1.165, 1.54) is 11.1 Å². The van der Waals surface area contributed by atoms with Gasteiger partial charge in [0.05, 0.1) is 0 Å². The van der Waals surface area contributed by atoms with E-state index in [9.17, 15) is 0 Å². The SMILES string of the molecule is c1ccc(Cc2ncnc(Cc3ccccc3)n2)cc1. The van der Waals surface area contributed by atoms with Crippen molar-refractivity contribution in [2.24, 2.45) is 0 Å². The van der Waals surface area contributed by atoms with Gasteiger partial charge in [0.25, 0.3) is 0 Å². The molecule has 0 atom stereocenters. The molecule has 0 N–H and O–H groups in total. The molecule has 3 rings (SSSR count). The molecule has 0 spiro atoms. The zero-order valence-corrected chi connectivity index (χ0v) is 11.1. The van der Waals surface area contributed by atoms with Crippen molar-refractivity contribution in [3.63, 3.8) is 0 Å². The Morgan fingerprint density at radius 1 is 0.600 bits per heavy atom. The highest BCUT2D eigenvalue weighted by atomic mass is 15.0. The molecule has 3 heteroatoms. The monoisotopic (exact) mass is 261 g/mol. The fourth-order valence-electron chi connectivity index (χ4n) is 2.10. The summed E-state index contributed by atoms with van der Waals surface area (Å²) in [4.78, 5) is 13.0. The van der Waals surface area contributed by atoms with Gasteiger partial charge in [0.15, 0.2) is 0 Å². The van der Waals surface area contributed by atoms with Gasteiger partial charge in [0, 0.05) is 12.8 Å². The first kappa shape index (κ1) is 12.5. The summed E-state index contributed by atoms with van der Waals surface area (Å²) in [5.74, 6) is 1.63. The second kappa shape index (κ2) is 6.06. The Morgan fingerprint density at radius 3 is 1.50 bits per heavy atom. The van der Waals surface area contributed by atoms with Gasteiger partial charge in [-0.05, 0) is 11.1 Å². The van der Waals surface area contributed by atoms with Crippen LogP contribution in [0.1, 0.15) is 22.8 Å². The van der Waals surface area contributed by atoms with E-state index < -0.39 is 0 Å². The molecular formula is C17H15N3. The van der Waals surface area contributed by atoms with Gasteiger partial charge in [0.2, 0.25) is 0 Å². The summed E-state index contributed by atoms with van der Waals surface area (Å²) in [5, 5.41) is 0. The van der Waals surface area contributed by atoms with E-state index in [1.54, 1.807) is 6.33 Å². The Balaban J connectivity index is 1.76. The van der Waals surface area contributed by atoms with E-state index in [0.29, 0.717) is 0 Å². The highest BCUT2D eigenvalue weighted by molar-refractivity contribution is 5.21. The molecule has 0 aliphatic carbocycles. The summed E-state index contributed by atoms with van der Waals surface area (Å²) in [7, 11) is 0. The van der Waals surface area contributed by atoms with Crippen LogP contribution in [0.2, 0.25) is 0 Å². The summed E-state index contributed by atoms with van der Waals surface area (Å²) < 4.78 is 0. The molecule has 1 heterocycles. The summed E-state index contributed by atoms with van der Waals surface area (Å²) in [6, 6.07) is 20.5. The first-order valence-electron chi connectivity index (χ1n) is 6.65. The lowest BCUT2D eigenvalue weighted by Gasteiger charge is -2.03. The summed E-state index contributed by atoms with van der Waals surface area (Å²) >= 11 is 0. The van der Waals surface area contributed by atoms with E-state index in [4.69, 9.17) is 0 Å². The maximum atomic E-state index is 4.54. The van der Waals surface area contributed by atoms with E-state index in [1.807, 2.05) is 36.4 Å². The smallest absolute Gasteiger partial charge is 0.136 e. The van der Waals surface area contributed by atoms with Crippen LogP contribution in [0.4, 0.5) is 0 Å². The molecule has 0 bridgehead atoms. The van der Waals surface area contributed by atoms with Gasteiger partial charge in [-0.2, -0.15) is 0 Å². The number of hydrogen-bond donors (Lipinski definition) is 0. The first-order chi connectivity index (χ1) is 9.90. The topological polar surface area (TPSA) is 38.7 Å². The number of hydrogen-bond acceptors (Lipinski definition) is 3. The van der Waals surface area contributed by atoms with E-state index in [2.05, 4.69) is 39.2 Å². The van der Waals surface area contributed by atoms with Crippen LogP contribution in [-0.2, 0) is 12.8 Å². The maximum Gasteiger partial charge on any atom is 0.136 e. The van der Waals surface area contributed by atoms with Crippen LogP contribution < -0.4 is 0 Å². The van der Waals surface area contributed by atoms with Crippen molar-refractivity contribution in [1.82, 2.24) is 15.0 Å². The van der Waals surface area contributed by atoms with Crippen LogP contribution in [0.25, 0.3) is 0 Å². The van der Waals surface area contributed by atoms with E-state index in [-0.39, 0.29) is 0 Å². The maximum absolute atomic E-state index is 4.54. The van der Waals surface area contributed by atoms with E-state index in [0.717, 1.165) is 24.5 Å². The lowest BCUT2D eigenvalue weighted by Crippen LogP contribution is -2.03. The molecule has 0 aliphatic heterocycles. The quantitative estimate of drug-likeness (QED) is 0.724. The third-order valence-electron chi connectivity index (χ3n) is 3.08. The first-order valence-corrected chi connectivity index (χ1v) is 6.65. The standard InChI is InChI=1S/C17H15N3/c1-3-7-14(8-4-1)11-16-18-13-19-17(20-16)12-15-9-5-2-6-10-15/h1-10,13H,11-12H2. The molecule has 0 saturated heterocycles. The van der Waals surface area contributed by atoms with E-state index >= 15 is 0 Å². The largest absolute Gasteiger partial charge is 0.221 e. The number of rotatable bonds is 4. The normalized spacial score (nSPS) is 10.4. The fourth-order valence-corrected chi connectivity index (χ4v) is 2.10. The van der Waals surface area contributed by atoms with Gasteiger partial charge in [-0.3, -0.25) is 0 Å². The highest BCUT2D eigenvalue weighted by Gasteiger charge is 2.03. The zero-order valence-electron chi connectivity index (χ0n) is 11.1. The summed E-state index contributed by atoms with van der Waals surface area (Å²) in [6.07, 6.45) is 3.08. The van der Waals surface area contributed by atoms with Gasteiger partial charge < -0.3 is 0 Å². The van der Waals surface area contributed by atoms with Crippen molar-refractivity contribution in [3.8, 4) is 0 Å². The molecule has 0 radical (unpaired) electrons. The molecule has 2 aromatic carbocycles. The van der Waals surface area contributed by atoms with Crippen molar-refractivity contribution in [2.75, 3.05) is 0 Å². The number of nitrogens with zero attached hydrogens (tertiary/aromatic N) is 3. The van der Waals surface area contributed by atoms with Crippen LogP contribution in [0.3, 0.4) is 0 Å². The molecule has 98 valence electrons. The minimum absolute atomic E-state index is 0.741. The van der Waals surface area contributed by atoms with Gasteiger partial charge >= 0.3 is 0 Å². The average molecular weight is 261 g/mol. The van der Waals surface area contributed by atoms with Crippen molar-refractivity contribution in [2.45, 2.75) is 12.8 Å². The lowest BCUT2D eigenvalue weighted by atomic mass is 10.1. The zero-order chi connectivity index (χ0) is 13.6. The molecule has 1 aromatic heterocycles. The Labute approximate surface area is 118 Å². The Hall–Kier alpha value is -2.55. The second-order valence-corrected chi connectivity index (χ2v) is 4.64. The number of benzene rings is 2. The van der Waals surface area contributed by atoms with Crippen LogP contribution in [-0.4, -0.2) is 15.0 Å². The van der Waals surface area contributed by atoms with Crippen LogP contribution >= 0.6 is 0 Å². The van der Waals surface area contributed by atoms with Crippen LogP contribution in [0.5, 0.6) is 0 Å². The molecule has 0 unspecified atom stereocenters. The Morgan fingerprint density at radius 2 is 1.05 bits per heavy atom. The minimum atomic E-state index is 0.741. The summed E-state index contributed by atoms with van der Waals surface area (Å²) in [6.45, 7) is 0. The fraction of sp³-hybridized carbons (Fsp3) is 0.118. The molecule has 3 nitrogen and oxygen atoms in total. The lowest BCUT2D eigenvalue weighted by molar-refractivity contribution is 0.848. The predicted octanol–water partition coefficient (Wildman–Crippen LogP) is 3.05. The van der Waals surface area contributed by atoms with Crippen molar-refractivity contribution in [1.29, 1.82) is 0 Å². The van der Waals surface area contributed by atoms with Gasteiger partial charge in [-0.15, -0.1) is 0 Å². The van der Waals surface area contributed by atoms with Crippen molar-refractivity contribution >= 4 is 0 Å². The molecular weight excluding hydrogens is 246 g/mol. The van der Waals surface area contributed by atoms with Gasteiger partial charge in [0.1, 0.15) is 18.0 Å². The molecule has 0 fully saturated rings. The van der Waals surface area contributed by atoms with Crippen LogP contribution in [0, 0.1) is 0 Å². The van der Waals surface area contributed by atoms with Gasteiger partial charge in [-0.25, -0.2) is 15.0 Å². The predicted molar refractivity (Wildman–Crippen MR) is 78.3 cm³/mol. The molecule has 3 aromatic rings. The Bertz CT molecular complexity index is 609. The molecule has 20 heavy (non-hydrogen) atoms. The molecule has 0 saturated carbocycles. The molecule has 0 amide bonds. The van der Waals surface area contributed by atoms with Crippen molar-refractivity contribution in [3.05, 3.63) is 89.8 Å². The van der Waals surface area contributed by atoms with Crippen molar-refractivity contribution < 1.29 is 0 Å². The third-order valence-corrected chi connectivity index (χ3v) is 3.08. The highest BCUT2D eigenvalue weighted by Crippen LogP contribution is 2.07. The number of aromatic nitrogens is 3. The van der Waals surface area contributed by atoms with Crippen LogP contribution in [0.15, 0.2) is 67.0 Å².